The summed E-state index contributed by atoms with van der Waals surface area (Å²) in [5.41, 5.74) is 0.287. The molecule has 30 heavy (non-hydrogen) atoms. The van der Waals surface area contributed by atoms with Gasteiger partial charge < -0.3 is 14.9 Å². The number of aliphatic carboxylic acids is 1. The number of ketones is 1. The van der Waals surface area contributed by atoms with Crippen molar-refractivity contribution in [1.82, 2.24) is 0 Å². The van der Waals surface area contributed by atoms with Crippen molar-refractivity contribution in [2.45, 2.75) is 70.0 Å². The molecule has 166 valence electrons. The van der Waals surface area contributed by atoms with Crippen LogP contribution in [0.15, 0.2) is 30.3 Å². The van der Waals surface area contributed by atoms with Crippen molar-refractivity contribution in [3.05, 3.63) is 35.9 Å². The van der Waals surface area contributed by atoms with Crippen LogP contribution in [0.3, 0.4) is 0 Å². The first-order valence-corrected chi connectivity index (χ1v) is 10.2. The normalized spacial score (nSPS) is 23.9. The number of hydrogen-bond acceptors (Lipinski definition) is 5. The van der Waals surface area contributed by atoms with E-state index in [9.17, 15) is 28.3 Å². The standard InChI is InChI=1S/C22H28F2O6/c1-2-3-11-22(23,24)19(26)10-9-15-16(12-20(27)28)17(25)13-18(15)30-21(29)14-7-5-4-6-8-14/h4-8,15-18,25H,2-3,9-13H2,1H3,(H,27,28)/t15-,16-,17+,18-/m1/s1. The van der Waals surface area contributed by atoms with Crippen molar-refractivity contribution < 1.29 is 38.1 Å². The molecule has 8 heteroatoms. The van der Waals surface area contributed by atoms with Gasteiger partial charge in [0, 0.05) is 31.1 Å². The van der Waals surface area contributed by atoms with Gasteiger partial charge in [0.1, 0.15) is 6.10 Å². The number of carboxylic acid groups (broad SMARTS) is 1. The number of aliphatic hydroxyl groups is 1. The molecule has 4 atom stereocenters. The molecule has 1 aromatic carbocycles. The Morgan fingerprint density at radius 1 is 1.17 bits per heavy atom. The molecular weight excluding hydrogens is 398 g/mol. The van der Waals surface area contributed by atoms with Gasteiger partial charge in [0.2, 0.25) is 5.78 Å². The Balaban J connectivity index is 2.11. The lowest BCUT2D eigenvalue weighted by atomic mass is 9.85. The van der Waals surface area contributed by atoms with Crippen LogP contribution in [-0.2, 0) is 14.3 Å². The molecule has 0 heterocycles. The zero-order valence-corrected chi connectivity index (χ0v) is 16.9. The predicted octanol–water partition coefficient (Wildman–Crippen LogP) is 3.86. The average Bonchev–Trinajstić information content (AvgIpc) is 2.98. The van der Waals surface area contributed by atoms with Gasteiger partial charge >= 0.3 is 17.9 Å². The molecule has 6 nitrogen and oxygen atoms in total. The van der Waals surface area contributed by atoms with Crippen LogP contribution in [-0.4, -0.2) is 46.1 Å². The largest absolute Gasteiger partial charge is 0.481 e. The van der Waals surface area contributed by atoms with E-state index >= 15 is 0 Å². The SMILES string of the molecule is CCCCC(F)(F)C(=O)CC[C@@H]1[C@@H](CC(=O)O)[C@@H](O)C[C@H]1OC(=O)c1ccccc1. The molecule has 0 unspecified atom stereocenters. The maximum Gasteiger partial charge on any atom is 0.338 e. The van der Waals surface area contributed by atoms with Gasteiger partial charge in [-0.05, 0) is 25.0 Å². The Labute approximate surface area is 174 Å². The molecule has 0 aliphatic heterocycles. The Morgan fingerprint density at radius 3 is 2.43 bits per heavy atom. The zero-order valence-electron chi connectivity index (χ0n) is 16.9. The zero-order chi connectivity index (χ0) is 22.3. The van der Waals surface area contributed by atoms with E-state index in [1.165, 1.54) is 0 Å². The molecule has 1 saturated carbocycles. The highest BCUT2D eigenvalue weighted by atomic mass is 19.3. The third-order valence-corrected chi connectivity index (χ3v) is 5.63. The fourth-order valence-corrected chi connectivity index (χ4v) is 3.97. The highest BCUT2D eigenvalue weighted by Crippen LogP contribution is 2.40. The van der Waals surface area contributed by atoms with Crippen molar-refractivity contribution in [2.24, 2.45) is 11.8 Å². The fourth-order valence-electron chi connectivity index (χ4n) is 3.97. The Morgan fingerprint density at radius 2 is 1.83 bits per heavy atom. The van der Waals surface area contributed by atoms with Gasteiger partial charge in [-0.3, -0.25) is 9.59 Å². The number of hydrogen-bond donors (Lipinski definition) is 2. The molecule has 0 aromatic heterocycles. The van der Waals surface area contributed by atoms with Crippen molar-refractivity contribution in [1.29, 1.82) is 0 Å². The number of ether oxygens (including phenoxy) is 1. The number of halogens is 2. The number of Topliss-reactive ketones (excluding diaryl/α,β-unsaturated/α-hetero) is 1. The summed E-state index contributed by atoms with van der Waals surface area (Å²) in [6, 6.07) is 8.14. The molecule has 2 rings (SSSR count). The minimum atomic E-state index is -3.44. The Kier molecular flexibility index (Phi) is 8.46. The lowest BCUT2D eigenvalue weighted by Gasteiger charge is -2.25. The smallest absolute Gasteiger partial charge is 0.338 e. The third-order valence-electron chi connectivity index (χ3n) is 5.63. The van der Waals surface area contributed by atoms with Crippen LogP contribution in [0.25, 0.3) is 0 Å². The molecule has 0 radical (unpaired) electrons. The first kappa shape index (κ1) is 23.9. The van der Waals surface area contributed by atoms with Crippen molar-refractivity contribution in [3.63, 3.8) is 0 Å². The van der Waals surface area contributed by atoms with Crippen LogP contribution in [0.5, 0.6) is 0 Å². The number of esters is 1. The maximum absolute atomic E-state index is 14.0. The number of aliphatic hydroxyl groups excluding tert-OH is 1. The average molecular weight is 426 g/mol. The van der Waals surface area contributed by atoms with Gasteiger partial charge in [0.25, 0.3) is 0 Å². The summed E-state index contributed by atoms with van der Waals surface area (Å²) in [6.07, 6.45) is -2.63. The highest BCUT2D eigenvalue weighted by molar-refractivity contribution is 5.89. The molecule has 0 amide bonds. The van der Waals surface area contributed by atoms with E-state index in [1.807, 2.05) is 0 Å². The quantitative estimate of drug-likeness (QED) is 0.521. The molecular formula is C22H28F2O6. The van der Waals surface area contributed by atoms with Crippen molar-refractivity contribution in [2.75, 3.05) is 0 Å². The number of unbranched alkanes of at least 4 members (excludes halogenated alkanes) is 1. The summed E-state index contributed by atoms with van der Waals surface area (Å²) >= 11 is 0. The number of benzene rings is 1. The van der Waals surface area contributed by atoms with Crippen LogP contribution in [0.4, 0.5) is 8.78 Å². The van der Waals surface area contributed by atoms with Crippen LogP contribution >= 0.6 is 0 Å². The van der Waals surface area contributed by atoms with E-state index in [0.29, 0.717) is 6.42 Å². The van der Waals surface area contributed by atoms with Gasteiger partial charge in [-0.15, -0.1) is 0 Å². The van der Waals surface area contributed by atoms with Crippen molar-refractivity contribution >= 4 is 17.7 Å². The van der Waals surface area contributed by atoms with Crippen LogP contribution in [0.1, 0.15) is 62.2 Å². The highest BCUT2D eigenvalue weighted by Gasteiger charge is 2.46. The first-order chi connectivity index (χ1) is 14.2. The van der Waals surface area contributed by atoms with Crippen molar-refractivity contribution in [3.8, 4) is 0 Å². The number of carbonyl (C=O) groups excluding carboxylic acids is 2. The number of carboxylic acids is 1. The second kappa shape index (κ2) is 10.6. The van der Waals surface area contributed by atoms with Gasteiger partial charge in [0.05, 0.1) is 18.1 Å². The number of alkyl halides is 2. The number of rotatable bonds is 11. The molecule has 1 aliphatic carbocycles. The summed E-state index contributed by atoms with van der Waals surface area (Å²) in [5, 5.41) is 19.5. The van der Waals surface area contributed by atoms with Gasteiger partial charge in [-0.25, -0.2) is 4.79 Å². The lowest BCUT2D eigenvalue weighted by Crippen LogP contribution is -2.32. The molecule has 0 saturated heterocycles. The molecule has 0 spiro atoms. The van der Waals surface area contributed by atoms with Gasteiger partial charge in [-0.2, -0.15) is 8.78 Å². The molecule has 2 N–H and O–H groups in total. The second-order valence-electron chi connectivity index (χ2n) is 7.81. The maximum atomic E-state index is 14.0. The number of carbonyl (C=O) groups is 3. The van der Waals surface area contributed by atoms with E-state index < -0.39 is 67.0 Å². The van der Waals surface area contributed by atoms with E-state index in [-0.39, 0.29) is 24.8 Å². The minimum Gasteiger partial charge on any atom is -0.481 e. The fraction of sp³-hybridized carbons (Fsp3) is 0.591. The molecule has 1 aromatic rings. The van der Waals surface area contributed by atoms with E-state index in [2.05, 4.69) is 0 Å². The van der Waals surface area contributed by atoms with Gasteiger partial charge in [-0.1, -0.05) is 31.5 Å². The van der Waals surface area contributed by atoms with E-state index in [1.54, 1.807) is 37.3 Å². The Hall–Kier alpha value is -2.35. The molecule has 1 aliphatic rings. The predicted molar refractivity (Wildman–Crippen MR) is 104 cm³/mol. The monoisotopic (exact) mass is 426 g/mol. The molecule has 0 bridgehead atoms. The molecule has 1 fully saturated rings. The second-order valence-corrected chi connectivity index (χ2v) is 7.81. The summed E-state index contributed by atoms with van der Waals surface area (Å²) in [5.74, 6) is -7.93. The van der Waals surface area contributed by atoms with Crippen LogP contribution in [0.2, 0.25) is 0 Å². The summed E-state index contributed by atoms with van der Waals surface area (Å²) in [6.45, 7) is 1.75. The summed E-state index contributed by atoms with van der Waals surface area (Å²) in [4.78, 5) is 35.6. The van der Waals surface area contributed by atoms with E-state index in [4.69, 9.17) is 9.84 Å². The topological polar surface area (TPSA) is 101 Å². The van der Waals surface area contributed by atoms with Gasteiger partial charge in [0.15, 0.2) is 0 Å². The van der Waals surface area contributed by atoms with Crippen LogP contribution < -0.4 is 0 Å². The third kappa shape index (κ3) is 6.32. The summed E-state index contributed by atoms with van der Waals surface area (Å²) < 4.78 is 33.5. The minimum absolute atomic E-state index is 0.00159. The van der Waals surface area contributed by atoms with Crippen LogP contribution in [0, 0.1) is 11.8 Å². The Bertz CT molecular complexity index is 736. The van der Waals surface area contributed by atoms with E-state index in [0.717, 1.165) is 0 Å². The first-order valence-electron chi connectivity index (χ1n) is 10.2. The lowest BCUT2D eigenvalue weighted by molar-refractivity contribution is -0.144. The summed E-state index contributed by atoms with van der Waals surface area (Å²) in [7, 11) is 0.